The Morgan fingerprint density at radius 1 is 0.545 bits per heavy atom. The first-order valence-corrected chi connectivity index (χ1v) is 3.79. The molecule has 0 atom stereocenters. The Balaban J connectivity index is -0.00000000950. The van der Waals surface area contributed by atoms with E-state index in [9.17, 15) is 0 Å². The van der Waals surface area contributed by atoms with Crippen LogP contribution in [0.5, 0.6) is 0 Å². The van der Waals surface area contributed by atoms with E-state index < -0.39 is 0 Å². The maximum atomic E-state index is 7.75. The molecule has 4 radical (unpaired) electrons. The third-order valence-corrected chi connectivity index (χ3v) is 0.500. The molecule has 0 aromatic heterocycles. The molecule has 0 aliphatic carbocycles. The van der Waals surface area contributed by atoms with Crippen molar-refractivity contribution >= 4 is 13.6 Å². The third kappa shape index (κ3) is 8910. The van der Waals surface area contributed by atoms with E-state index in [1.807, 2.05) is 27.7 Å². The van der Waals surface area contributed by atoms with Crippen LogP contribution in [0, 0.1) is 50.9 Å². The van der Waals surface area contributed by atoms with Crippen LogP contribution >= 0.6 is 0 Å². The van der Waals surface area contributed by atoms with E-state index in [2.05, 4.69) is 64.5 Å². The topological polar surface area (TPSA) is 114 Å². The van der Waals surface area contributed by atoms with E-state index >= 15 is 0 Å². The van der Waals surface area contributed by atoms with Gasteiger partial charge in [-0.25, -0.2) is 0 Å². The Labute approximate surface area is 154 Å². The molecule has 0 N–H and O–H groups in total. The van der Waals surface area contributed by atoms with Crippen LogP contribution in [0.4, 0.5) is 0 Å². The molecule has 8 heteroatoms. The van der Waals surface area contributed by atoms with Crippen molar-refractivity contribution in [3.63, 3.8) is 0 Å². The molecule has 0 fully saturated rings. The second-order valence-corrected chi connectivity index (χ2v) is 1.00. The number of hydrogen-bond donors (Lipinski definition) is 0. The molecule has 0 aliphatic rings. The average molecular weight is 390 g/mol. The monoisotopic (exact) mass is 390 g/mol. The molecular formula is C14H14Fe2O6. The zero-order valence-corrected chi connectivity index (χ0v) is 14.5. The van der Waals surface area contributed by atoms with Crippen LogP contribution in [-0.2, 0) is 62.3 Å². The molecule has 0 unspecified atom stereocenters. The normalized spacial score (nSPS) is 4.18. The maximum Gasteiger partial charge on any atom is 2.00 e. The van der Waals surface area contributed by atoms with Crippen LogP contribution in [-0.4, -0.2) is 13.6 Å². The molecule has 0 bridgehead atoms. The molecule has 122 valence electrons. The third-order valence-electron chi connectivity index (χ3n) is 0.500. The van der Waals surface area contributed by atoms with Gasteiger partial charge in [0.25, 0.3) is 0 Å². The van der Waals surface area contributed by atoms with Crippen molar-refractivity contribution in [3.8, 4) is 0 Å². The summed E-state index contributed by atoms with van der Waals surface area (Å²) in [6, 6.07) is 0. The van der Waals surface area contributed by atoms with Gasteiger partial charge in [0.1, 0.15) is 0 Å². The van der Waals surface area contributed by atoms with Crippen LogP contribution in [0.2, 0.25) is 0 Å². The van der Waals surface area contributed by atoms with Gasteiger partial charge in [0, 0.05) is 17.1 Å². The van der Waals surface area contributed by atoms with Crippen molar-refractivity contribution in [1.82, 2.24) is 0 Å². The Morgan fingerprint density at radius 2 is 0.591 bits per heavy atom. The summed E-state index contributed by atoms with van der Waals surface area (Å²) in [6.45, 7) is 31.8. The summed E-state index contributed by atoms with van der Waals surface area (Å²) < 4.78 is 30.0. The minimum atomic E-state index is 0. The Morgan fingerprint density at radius 3 is 0.591 bits per heavy atom. The van der Waals surface area contributed by atoms with Gasteiger partial charge in [0.05, 0.1) is 0 Å². The quantitative estimate of drug-likeness (QED) is 0.271. The Bertz CT molecular complexity index is 176. The van der Waals surface area contributed by atoms with Gasteiger partial charge in [0.2, 0.25) is 0 Å². The predicted molar refractivity (Wildman–Crippen MR) is 64.9 cm³/mol. The van der Waals surface area contributed by atoms with Gasteiger partial charge >= 0.3 is 62.3 Å². The fourth-order valence-corrected chi connectivity index (χ4v) is 0. The first-order valence-electron chi connectivity index (χ1n) is 3.79. The second-order valence-electron chi connectivity index (χ2n) is 1.00. The summed E-state index contributed by atoms with van der Waals surface area (Å²) in [7, 11) is 0. The molecule has 0 aliphatic heterocycles. The van der Waals surface area contributed by atoms with E-state index in [1.165, 1.54) is 0 Å². The molecular weight excluding hydrogens is 376 g/mol. The van der Waals surface area contributed by atoms with E-state index in [4.69, 9.17) is 28.2 Å². The van der Waals surface area contributed by atoms with Crippen LogP contribution in [0.3, 0.4) is 0 Å². The first-order chi connectivity index (χ1) is 9.83. The largest absolute Gasteiger partial charge is 2.00 e. The van der Waals surface area contributed by atoms with Crippen molar-refractivity contribution in [1.29, 1.82) is 0 Å². The zero-order chi connectivity index (χ0) is 18.8. The fraction of sp³-hybridized carbons (Fsp3) is 0.286. The standard InChI is InChI=1S/2C4H6.2CHO.4CO.2Fe/c2*1-3-4-2;6*1-2;;/h2*1-2H3;2*1H;;;;;;/q;;2*-1;;;;;;+2. The van der Waals surface area contributed by atoms with E-state index in [0.717, 1.165) is 0 Å². The Hall–Kier alpha value is -1.18. The molecule has 0 saturated carbocycles. The molecule has 0 aromatic carbocycles. The SMILES string of the molecule is C[C]=[C]C.C[C]=[C]C.[C-]#[O+].[C-]#[O+].[C-]#[O+].[C-]#[O+].[CH-]=O.[CH-]=O.[Fe+2].[Fe]. The zero-order valence-electron chi connectivity index (χ0n) is 12.3. The predicted octanol–water partition coefficient (Wildman–Crippen LogP) is 1.67. The van der Waals surface area contributed by atoms with Crippen molar-refractivity contribution in [2.24, 2.45) is 0 Å². The van der Waals surface area contributed by atoms with Crippen LogP contribution in [0.15, 0.2) is 0 Å². The van der Waals surface area contributed by atoms with Gasteiger partial charge in [0.15, 0.2) is 0 Å². The number of allylic oxidation sites excluding steroid dienone is 4. The van der Waals surface area contributed by atoms with Crippen LogP contribution in [0.25, 0.3) is 0 Å². The van der Waals surface area contributed by atoms with Crippen LogP contribution < -0.4 is 0 Å². The van der Waals surface area contributed by atoms with Gasteiger partial charge in [-0.15, -0.1) is 0 Å². The molecule has 0 amide bonds. The van der Waals surface area contributed by atoms with Gasteiger partial charge < -0.3 is 9.59 Å². The van der Waals surface area contributed by atoms with Crippen molar-refractivity contribution in [2.45, 2.75) is 27.7 Å². The molecule has 0 heterocycles. The van der Waals surface area contributed by atoms with Gasteiger partial charge in [-0.3, -0.25) is 13.6 Å². The number of hydrogen-bond acceptors (Lipinski definition) is 2. The summed E-state index contributed by atoms with van der Waals surface area (Å²) in [6.07, 6.45) is 10.7. The van der Waals surface area contributed by atoms with Crippen molar-refractivity contribution in [3.05, 3.63) is 50.9 Å². The molecule has 6 nitrogen and oxygen atoms in total. The summed E-state index contributed by atoms with van der Waals surface area (Å²) in [5.74, 6) is 0. The van der Waals surface area contributed by atoms with E-state index in [-0.39, 0.29) is 34.1 Å². The summed E-state index contributed by atoms with van der Waals surface area (Å²) in [5.41, 5.74) is 0. The molecule has 0 spiro atoms. The average Bonchev–Trinajstić information content (AvgIpc) is 2.65. The van der Waals surface area contributed by atoms with Gasteiger partial charge in [-0.05, 0) is 52.0 Å². The Kier molecular flexibility index (Phi) is 2800. The van der Waals surface area contributed by atoms with Crippen LogP contribution in [0.1, 0.15) is 27.7 Å². The minimum absolute atomic E-state index is 0. The minimum Gasteiger partial charge on any atom is -0.545 e. The van der Waals surface area contributed by atoms with E-state index in [1.54, 1.807) is 0 Å². The molecule has 0 aromatic rings. The van der Waals surface area contributed by atoms with Gasteiger partial charge in [-0.1, -0.05) is 0 Å². The summed E-state index contributed by atoms with van der Waals surface area (Å²) in [5, 5.41) is 0. The first kappa shape index (κ1) is 69.9. The van der Waals surface area contributed by atoms with E-state index in [0.29, 0.717) is 0 Å². The fourth-order valence-electron chi connectivity index (χ4n) is 0. The second kappa shape index (κ2) is 883. The molecule has 22 heavy (non-hydrogen) atoms. The van der Waals surface area contributed by atoms with Crippen molar-refractivity contribution < 1.29 is 62.3 Å². The van der Waals surface area contributed by atoms with Gasteiger partial charge in [-0.2, -0.15) is 0 Å². The maximum absolute atomic E-state index is 7.75. The summed E-state index contributed by atoms with van der Waals surface area (Å²) >= 11 is 0. The molecule has 0 rings (SSSR count). The number of rotatable bonds is 0. The summed E-state index contributed by atoms with van der Waals surface area (Å²) in [4.78, 5) is 15.5. The number of carbonyl (C=O) groups excluding carboxylic acids is 2. The van der Waals surface area contributed by atoms with Crippen molar-refractivity contribution in [2.75, 3.05) is 0 Å². The molecule has 0 saturated heterocycles. The smallest absolute Gasteiger partial charge is 0.545 e.